The molecule has 1 aromatic carbocycles. The van der Waals surface area contributed by atoms with Crippen molar-refractivity contribution in [2.24, 2.45) is 0 Å². The molecule has 0 bridgehead atoms. The first-order valence-corrected chi connectivity index (χ1v) is 6.91. The summed E-state index contributed by atoms with van der Waals surface area (Å²) >= 11 is 0. The van der Waals surface area contributed by atoms with E-state index in [2.05, 4.69) is 5.32 Å². The largest absolute Gasteiger partial charge is 0.375 e. The van der Waals surface area contributed by atoms with Gasteiger partial charge in [-0.2, -0.15) is 0 Å². The van der Waals surface area contributed by atoms with Crippen LogP contribution in [0.25, 0.3) is 0 Å². The number of nitrogens with one attached hydrogen (secondary N) is 1. The summed E-state index contributed by atoms with van der Waals surface area (Å²) in [5, 5.41) is 3.25. The molecule has 2 nitrogen and oxygen atoms in total. The molecule has 0 amide bonds. The summed E-state index contributed by atoms with van der Waals surface area (Å²) in [4.78, 5) is 0. The Hall–Kier alpha value is -1.00. The van der Waals surface area contributed by atoms with Crippen LogP contribution >= 0.6 is 0 Å². The van der Waals surface area contributed by atoms with Crippen LogP contribution in [0.1, 0.15) is 30.9 Å². The fourth-order valence-corrected chi connectivity index (χ4v) is 2.40. The molecule has 1 aromatic rings. The maximum absolute atomic E-state index is 13.9. The number of benzene rings is 1. The van der Waals surface area contributed by atoms with Crippen LogP contribution in [0.5, 0.6) is 0 Å². The predicted octanol–water partition coefficient (Wildman–Crippen LogP) is 3.11. The second kappa shape index (κ2) is 6.44. The van der Waals surface area contributed by atoms with Gasteiger partial charge in [0.25, 0.3) is 5.92 Å². The molecule has 1 atom stereocenters. The maximum Gasteiger partial charge on any atom is 0.273 e. The Labute approximate surface area is 113 Å². The number of halogens is 2. The Bertz CT molecular complexity index is 403. The first-order valence-electron chi connectivity index (χ1n) is 6.91. The summed E-state index contributed by atoms with van der Waals surface area (Å²) in [5.74, 6) is -2.73. The lowest BCUT2D eigenvalue weighted by Gasteiger charge is -2.24. The molecule has 106 valence electrons. The van der Waals surface area contributed by atoms with Gasteiger partial charge in [0.05, 0.1) is 12.7 Å². The van der Waals surface area contributed by atoms with E-state index in [0.29, 0.717) is 19.4 Å². The van der Waals surface area contributed by atoms with Gasteiger partial charge in [-0.25, -0.2) is 8.78 Å². The molecule has 1 aliphatic rings. The third-order valence-electron chi connectivity index (χ3n) is 3.38. The Morgan fingerprint density at radius 1 is 1.42 bits per heavy atom. The molecule has 1 fully saturated rings. The van der Waals surface area contributed by atoms with E-state index in [-0.39, 0.29) is 18.1 Å². The molecule has 1 N–H and O–H groups in total. The number of hydrogen-bond acceptors (Lipinski definition) is 2. The van der Waals surface area contributed by atoms with Crippen LogP contribution in [0.4, 0.5) is 8.78 Å². The molecule has 2 rings (SSSR count). The van der Waals surface area contributed by atoms with E-state index in [4.69, 9.17) is 4.74 Å². The van der Waals surface area contributed by atoms with E-state index in [9.17, 15) is 8.78 Å². The van der Waals surface area contributed by atoms with E-state index in [1.54, 1.807) is 19.1 Å². The minimum Gasteiger partial charge on any atom is -0.375 e. The fourth-order valence-electron chi connectivity index (χ4n) is 2.40. The third-order valence-corrected chi connectivity index (χ3v) is 3.38. The van der Waals surface area contributed by atoms with Crippen LogP contribution in [0.2, 0.25) is 0 Å². The summed E-state index contributed by atoms with van der Waals surface area (Å²) in [6.45, 7) is 4.12. The van der Waals surface area contributed by atoms with Crippen LogP contribution in [0, 0.1) is 0 Å². The van der Waals surface area contributed by atoms with Crippen molar-refractivity contribution in [3.63, 3.8) is 0 Å². The van der Waals surface area contributed by atoms with Gasteiger partial charge in [0.2, 0.25) is 0 Å². The van der Waals surface area contributed by atoms with Gasteiger partial charge in [0.1, 0.15) is 0 Å². The van der Waals surface area contributed by atoms with Crippen LogP contribution in [0.3, 0.4) is 0 Å². The van der Waals surface area contributed by atoms with E-state index >= 15 is 0 Å². The molecule has 0 saturated carbocycles. The lowest BCUT2D eigenvalue weighted by Crippen LogP contribution is -2.39. The topological polar surface area (TPSA) is 21.3 Å². The fraction of sp³-hybridized carbons (Fsp3) is 0.600. The first kappa shape index (κ1) is 14.4. The summed E-state index contributed by atoms with van der Waals surface area (Å²) in [6, 6.07) is 6.74. The molecule has 0 aliphatic carbocycles. The van der Waals surface area contributed by atoms with E-state index in [1.807, 2.05) is 6.07 Å². The van der Waals surface area contributed by atoms with Gasteiger partial charge in [-0.1, -0.05) is 31.5 Å². The molecular formula is C15H21F2NO. The van der Waals surface area contributed by atoms with Crippen molar-refractivity contribution in [2.75, 3.05) is 19.7 Å². The minimum atomic E-state index is -2.73. The Morgan fingerprint density at radius 3 is 2.95 bits per heavy atom. The van der Waals surface area contributed by atoms with E-state index in [0.717, 1.165) is 18.7 Å². The number of alkyl halides is 2. The minimum absolute atomic E-state index is 0.0868. The quantitative estimate of drug-likeness (QED) is 0.887. The molecule has 1 heterocycles. The second-order valence-electron chi connectivity index (χ2n) is 5.06. The van der Waals surface area contributed by atoms with Crippen molar-refractivity contribution in [3.05, 3.63) is 35.4 Å². The molecule has 1 aliphatic heterocycles. The van der Waals surface area contributed by atoms with Crippen molar-refractivity contribution in [1.82, 2.24) is 5.32 Å². The maximum atomic E-state index is 13.9. The zero-order chi connectivity index (χ0) is 13.7. The van der Waals surface area contributed by atoms with Gasteiger partial charge in [-0.3, -0.25) is 0 Å². The highest BCUT2D eigenvalue weighted by Gasteiger charge is 2.30. The summed E-state index contributed by atoms with van der Waals surface area (Å²) in [6.07, 6.45) is 1.15. The normalized spacial score (nSPS) is 20.5. The predicted molar refractivity (Wildman–Crippen MR) is 71.6 cm³/mol. The van der Waals surface area contributed by atoms with Gasteiger partial charge in [-0.15, -0.1) is 0 Å². The molecule has 1 unspecified atom stereocenters. The number of rotatable bonds is 5. The van der Waals surface area contributed by atoms with Crippen molar-refractivity contribution in [2.45, 2.75) is 38.2 Å². The standard InChI is InChI=1S/C15H21F2NO/c1-2-6-15(16,17)13-5-3-4-12(9-13)10-14-11-18-7-8-19-14/h3-5,9,14,18H,2,6-8,10-11H2,1H3. The smallest absolute Gasteiger partial charge is 0.273 e. The number of ether oxygens (including phenoxy) is 1. The average molecular weight is 269 g/mol. The van der Waals surface area contributed by atoms with Gasteiger partial charge < -0.3 is 10.1 Å². The molecule has 19 heavy (non-hydrogen) atoms. The third kappa shape index (κ3) is 3.98. The second-order valence-corrected chi connectivity index (χ2v) is 5.06. The van der Waals surface area contributed by atoms with Crippen molar-refractivity contribution in [1.29, 1.82) is 0 Å². The van der Waals surface area contributed by atoms with Crippen LogP contribution in [-0.4, -0.2) is 25.8 Å². The van der Waals surface area contributed by atoms with Crippen molar-refractivity contribution in [3.8, 4) is 0 Å². The van der Waals surface area contributed by atoms with Gasteiger partial charge in [-0.05, 0) is 18.1 Å². The molecule has 1 saturated heterocycles. The van der Waals surface area contributed by atoms with Crippen molar-refractivity contribution < 1.29 is 13.5 Å². The van der Waals surface area contributed by atoms with Gasteiger partial charge >= 0.3 is 0 Å². The van der Waals surface area contributed by atoms with Gasteiger partial charge in [0.15, 0.2) is 0 Å². The molecule has 0 radical (unpaired) electrons. The lowest BCUT2D eigenvalue weighted by molar-refractivity contribution is -0.0142. The summed E-state index contributed by atoms with van der Waals surface area (Å²) < 4.78 is 33.3. The van der Waals surface area contributed by atoms with Crippen molar-refractivity contribution >= 4 is 0 Å². The summed E-state index contributed by atoms with van der Waals surface area (Å²) in [7, 11) is 0. The Balaban J connectivity index is 2.06. The highest BCUT2D eigenvalue weighted by atomic mass is 19.3. The number of hydrogen-bond donors (Lipinski definition) is 1. The molecule has 0 aromatic heterocycles. The monoisotopic (exact) mass is 269 g/mol. The molecule has 4 heteroatoms. The highest BCUT2D eigenvalue weighted by molar-refractivity contribution is 5.27. The lowest BCUT2D eigenvalue weighted by atomic mass is 9.99. The first-order chi connectivity index (χ1) is 9.12. The number of morpholine rings is 1. The summed E-state index contributed by atoms with van der Waals surface area (Å²) in [5.41, 5.74) is 1.04. The Kier molecular flexibility index (Phi) is 4.88. The van der Waals surface area contributed by atoms with E-state index < -0.39 is 5.92 Å². The van der Waals surface area contributed by atoms with Crippen LogP contribution in [0.15, 0.2) is 24.3 Å². The van der Waals surface area contributed by atoms with E-state index in [1.165, 1.54) is 6.07 Å². The molecular weight excluding hydrogens is 248 g/mol. The SMILES string of the molecule is CCCC(F)(F)c1cccc(CC2CNCCO2)c1. The zero-order valence-electron chi connectivity index (χ0n) is 11.3. The zero-order valence-corrected chi connectivity index (χ0v) is 11.3. The molecule has 0 spiro atoms. The average Bonchev–Trinajstić information content (AvgIpc) is 2.40. The van der Waals surface area contributed by atoms with Crippen LogP contribution < -0.4 is 5.32 Å². The van der Waals surface area contributed by atoms with Gasteiger partial charge in [0, 0.05) is 25.1 Å². The van der Waals surface area contributed by atoms with Crippen LogP contribution in [-0.2, 0) is 17.1 Å². The highest BCUT2D eigenvalue weighted by Crippen LogP contribution is 2.33. The Morgan fingerprint density at radius 2 is 2.26 bits per heavy atom.